The Morgan fingerprint density at radius 1 is 0.771 bits per heavy atom. The van der Waals surface area contributed by atoms with Crippen LogP contribution in [0.4, 0.5) is 8.78 Å². The third-order valence-corrected chi connectivity index (χ3v) is 8.96. The maximum absolute atomic E-state index is 14.7. The first-order chi connectivity index (χ1) is 17.1. The Labute approximate surface area is 210 Å². The number of allylic oxidation sites excluding steroid dienone is 2. The number of hydrogen-bond acceptors (Lipinski definition) is 1. The van der Waals surface area contributed by atoms with Gasteiger partial charge in [-0.2, -0.15) is 0 Å². The van der Waals surface area contributed by atoms with Crippen LogP contribution < -0.4 is 0 Å². The van der Waals surface area contributed by atoms with Crippen LogP contribution in [0.25, 0.3) is 0 Å². The summed E-state index contributed by atoms with van der Waals surface area (Å²) in [6, 6.07) is 12.6. The molecule has 0 N–H and O–H groups in total. The smallest absolute Gasteiger partial charge is 0.165 e. The predicted octanol–water partition coefficient (Wildman–Crippen LogP) is 8.87. The lowest BCUT2D eigenvalue weighted by molar-refractivity contribution is 0.170. The van der Waals surface area contributed by atoms with Crippen LogP contribution in [0.1, 0.15) is 99.0 Å². The lowest BCUT2D eigenvalue weighted by atomic mass is 9.68. The molecule has 3 heteroatoms. The fourth-order valence-electron chi connectivity index (χ4n) is 6.56. The first-order valence-corrected chi connectivity index (χ1v) is 14.0. The zero-order chi connectivity index (χ0) is 24.2. The summed E-state index contributed by atoms with van der Waals surface area (Å²) in [5.74, 6) is 1.14. The first kappa shape index (κ1) is 24.7. The molecule has 0 amide bonds. The van der Waals surface area contributed by atoms with E-state index in [-0.39, 0.29) is 12.0 Å². The average Bonchev–Trinajstić information content (AvgIpc) is 3.75. The number of hydrogen-bond donors (Lipinski definition) is 0. The summed E-state index contributed by atoms with van der Waals surface area (Å²) in [5.41, 5.74) is 3.81. The van der Waals surface area contributed by atoms with Crippen molar-refractivity contribution < 1.29 is 13.5 Å². The predicted molar refractivity (Wildman–Crippen MR) is 138 cm³/mol. The van der Waals surface area contributed by atoms with Crippen molar-refractivity contribution >= 4 is 0 Å². The number of epoxide rings is 1. The van der Waals surface area contributed by atoms with Crippen LogP contribution in [0.5, 0.6) is 0 Å². The highest BCUT2D eigenvalue weighted by Crippen LogP contribution is 2.45. The lowest BCUT2D eigenvalue weighted by Crippen LogP contribution is -2.25. The van der Waals surface area contributed by atoms with Crippen LogP contribution in [0.15, 0.2) is 48.6 Å². The Balaban J connectivity index is 1.04. The summed E-state index contributed by atoms with van der Waals surface area (Å²) >= 11 is 0. The molecule has 5 rings (SSSR count). The van der Waals surface area contributed by atoms with Gasteiger partial charge in [-0.25, -0.2) is 8.78 Å². The molecule has 0 bridgehead atoms. The molecule has 1 unspecified atom stereocenters. The van der Waals surface area contributed by atoms with E-state index < -0.39 is 11.6 Å². The molecule has 2 aromatic rings. The first-order valence-electron chi connectivity index (χ1n) is 14.0. The minimum Gasteiger partial charge on any atom is -0.368 e. The summed E-state index contributed by atoms with van der Waals surface area (Å²) in [4.78, 5) is 0. The van der Waals surface area contributed by atoms with Crippen molar-refractivity contribution in [2.24, 2.45) is 17.8 Å². The monoisotopic (exact) mass is 478 g/mol. The van der Waals surface area contributed by atoms with Gasteiger partial charge in [0.05, 0.1) is 6.61 Å². The van der Waals surface area contributed by atoms with Gasteiger partial charge in [-0.05, 0) is 111 Å². The maximum atomic E-state index is 14.7. The number of ether oxygens (including phenoxy) is 1. The molecule has 0 aromatic heterocycles. The highest BCUT2D eigenvalue weighted by atomic mass is 19.2. The van der Waals surface area contributed by atoms with Crippen molar-refractivity contribution in [2.75, 3.05) is 6.61 Å². The van der Waals surface area contributed by atoms with Gasteiger partial charge in [-0.15, -0.1) is 0 Å². The third kappa shape index (κ3) is 6.05. The molecule has 2 aliphatic carbocycles. The Hall–Kier alpha value is -2.00. The second-order valence-electron chi connectivity index (χ2n) is 11.1. The van der Waals surface area contributed by atoms with Crippen LogP contribution in [0.3, 0.4) is 0 Å². The summed E-state index contributed by atoms with van der Waals surface area (Å²) in [5, 5.41) is 0. The Morgan fingerprint density at radius 2 is 1.34 bits per heavy atom. The van der Waals surface area contributed by atoms with Gasteiger partial charge in [0.1, 0.15) is 6.10 Å². The van der Waals surface area contributed by atoms with Crippen molar-refractivity contribution in [3.05, 3.63) is 82.4 Å². The highest BCUT2D eigenvalue weighted by Gasteiger charge is 2.34. The Morgan fingerprint density at radius 3 is 1.97 bits per heavy atom. The molecule has 1 aliphatic heterocycles. The summed E-state index contributed by atoms with van der Waals surface area (Å²) in [6.45, 7) is 2.71. The van der Waals surface area contributed by atoms with Gasteiger partial charge >= 0.3 is 0 Å². The molecule has 3 aliphatic rings. The normalized spacial score (nSPS) is 28.9. The Bertz CT molecular complexity index is 991. The molecule has 0 spiro atoms. The number of benzene rings is 2. The maximum Gasteiger partial charge on any atom is 0.165 e. The minimum atomic E-state index is -0.687. The highest BCUT2D eigenvalue weighted by molar-refractivity contribution is 5.32. The summed E-state index contributed by atoms with van der Waals surface area (Å²) < 4.78 is 34.4. The van der Waals surface area contributed by atoms with Gasteiger partial charge in [-0.1, -0.05) is 55.5 Å². The molecule has 1 saturated heterocycles. The second kappa shape index (κ2) is 11.4. The summed E-state index contributed by atoms with van der Waals surface area (Å²) in [7, 11) is 0. The lowest BCUT2D eigenvalue weighted by Gasteiger charge is -2.37. The topological polar surface area (TPSA) is 12.5 Å². The van der Waals surface area contributed by atoms with Crippen LogP contribution in [0.2, 0.25) is 0 Å². The van der Waals surface area contributed by atoms with E-state index in [1.807, 2.05) is 6.07 Å². The fraction of sp³-hybridized carbons (Fsp3) is 0.562. The van der Waals surface area contributed by atoms with Crippen molar-refractivity contribution in [1.29, 1.82) is 0 Å². The fourth-order valence-corrected chi connectivity index (χ4v) is 6.56. The molecule has 188 valence electrons. The van der Waals surface area contributed by atoms with Gasteiger partial charge in [0, 0.05) is 5.56 Å². The van der Waals surface area contributed by atoms with E-state index in [1.165, 1.54) is 36.8 Å². The molecule has 1 heterocycles. The van der Waals surface area contributed by atoms with Crippen molar-refractivity contribution in [2.45, 2.75) is 89.6 Å². The number of halogens is 2. The van der Waals surface area contributed by atoms with E-state index in [4.69, 9.17) is 4.74 Å². The molecule has 3 fully saturated rings. The molecule has 35 heavy (non-hydrogen) atoms. The van der Waals surface area contributed by atoms with E-state index in [9.17, 15) is 8.78 Å². The van der Waals surface area contributed by atoms with Gasteiger partial charge in [-0.3, -0.25) is 0 Å². The standard InChI is InChI=1S/C32H40F2O/c1-2-22-7-9-23(10-8-22)5-3-4-6-24-11-13-25(14-12-24)26-15-17-27(18-16-26)28-19-20-29(30-21-35-30)32(34)31(28)33/h4,6-10,19-20,24-27,30H,2-3,5,11-18,21H2,1H3/b6-4+. The van der Waals surface area contributed by atoms with Gasteiger partial charge in [0.25, 0.3) is 0 Å². The van der Waals surface area contributed by atoms with Crippen LogP contribution in [-0.2, 0) is 17.6 Å². The van der Waals surface area contributed by atoms with Gasteiger partial charge in [0.2, 0.25) is 0 Å². The van der Waals surface area contributed by atoms with Gasteiger partial charge in [0.15, 0.2) is 11.6 Å². The van der Waals surface area contributed by atoms with E-state index in [2.05, 4.69) is 43.3 Å². The zero-order valence-electron chi connectivity index (χ0n) is 21.2. The van der Waals surface area contributed by atoms with E-state index in [1.54, 1.807) is 6.07 Å². The van der Waals surface area contributed by atoms with Crippen LogP contribution >= 0.6 is 0 Å². The third-order valence-electron chi connectivity index (χ3n) is 8.96. The zero-order valence-corrected chi connectivity index (χ0v) is 21.2. The number of rotatable bonds is 8. The van der Waals surface area contributed by atoms with E-state index in [0.29, 0.717) is 17.7 Å². The average molecular weight is 479 g/mol. The van der Waals surface area contributed by atoms with Crippen molar-refractivity contribution in [1.82, 2.24) is 0 Å². The second-order valence-corrected chi connectivity index (χ2v) is 11.1. The van der Waals surface area contributed by atoms with Crippen LogP contribution in [-0.4, -0.2) is 6.61 Å². The number of aryl methyl sites for hydroxylation is 2. The molecule has 1 atom stereocenters. The summed E-state index contributed by atoms with van der Waals surface area (Å²) in [6.07, 6.45) is 17.5. The minimum absolute atomic E-state index is 0.160. The van der Waals surface area contributed by atoms with E-state index >= 15 is 0 Å². The van der Waals surface area contributed by atoms with Crippen molar-refractivity contribution in [3.63, 3.8) is 0 Å². The molecule has 2 saturated carbocycles. The van der Waals surface area contributed by atoms with Crippen molar-refractivity contribution in [3.8, 4) is 0 Å². The van der Waals surface area contributed by atoms with Crippen LogP contribution in [0, 0.1) is 29.4 Å². The molecular formula is C32H40F2O. The van der Waals surface area contributed by atoms with E-state index in [0.717, 1.165) is 62.7 Å². The molecule has 1 nitrogen and oxygen atoms in total. The van der Waals surface area contributed by atoms with Gasteiger partial charge < -0.3 is 4.74 Å². The molecule has 2 aromatic carbocycles. The largest absolute Gasteiger partial charge is 0.368 e. The Kier molecular flexibility index (Phi) is 8.02. The molecular weight excluding hydrogens is 438 g/mol. The SMILES string of the molecule is CCc1ccc(CC/C=C/C2CCC(C3CCC(c4ccc(C5CO5)c(F)c4F)CC3)CC2)cc1. The molecule has 0 radical (unpaired) electrons. The quantitative estimate of drug-likeness (QED) is 0.273.